The molecule has 0 bridgehead atoms. The van der Waals surface area contributed by atoms with Gasteiger partial charge in [0.05, 0.1) is 0 Å². The van der Waals surface area contributed by atoms with E-state index >= 15 is 0 Å². The van der Waals surface area contributed by atoms with E-state index in [1.165, 1.54) is 0 Å². The van der Waals surface area contributed by atoms with Crippen molar-refractivity contribution in [3.8, 4) is 5.75 Å². The normalized spacial score (nSPS) is 12.8. The highest BCUT2D eigenvalue weighted by molar-refractivity contribution is 5.88. The number of aryl methyl sites for hydroxylation is 1. The van der Waals surface area contributed by atoms with Crippen LogP contribution in [0.4, 0.5) is 0 Å². The van der Waals surface area contributed by atoms with Gasteiger partial charge in [-0.1, -0.05) is 68.8 Å². The number of rotatable bonds is 7. The Labute approximate surface area is 193 Å². The molecule has 5 heteroatoms. The van der Waals surface area contributed by atoms with Crippen molar-refractivity contribution >= 4 is 11.8 Å². The van der Waals surface area contributed by atoms with Crippen molar-refractivity contribution in [3.63, 3.8) is 0 Å². The van der Waals surface area contributed by atoms with Gasteiger partial charge in [-0.2, -0.15) is 0 Å². The van der Waals surface area contributed by atoms with Gasteiger partial charge in [0.2, 0.25) is 5.91 Å². The van der Waals surface area contributed by atoms with Gasteiger partial charge in [-0.25, -0.2) is 0 Å². The van der Waals surface area contributed by atoms with Crippen molar-refractivity contribution in [3.05, 3.63) is 65.2 Å². The number of benzene rings is 2. The predicted octanol–water partition coefficient (Wildman–Crippen LogP) is 5.00. The van der Waals surface area contributed by atoms with Gasteiger partial charge in [-0.3, -0.25) is 9.59 Å². The summed E-state index contributed by atoms with van der Waals surface area (Å²) in [5, 5.41) is 2.98. The van der Waals surface area contributed by atoms with Gasteiger partial charge in [-0.15, -0.1) is 0 Å². The van der Waals surface area contributed by atoms with Crippen LogP contribution >= 0.6 is 0 Å². The van der Waals surface area contributed by atoms with Crippen LogP contribution in [0.15, 0.2) is 48.5 Å². The molecule has 0 fully saturated rings. The smallest absolute Gasteiger partial charge is 0.261 e. The first-order valence-corrected chi connectivity index (χ1v) is 11.2. The highest BCUT2D eigenvalue weighted by atomic mass is 16.5. The van der Waals surface area contributed by atoms with E-state index in [9.17, 15) is 9.59 Å². The van der Waals surface area contributed by atoms with Crippen molar-refractivity contribution < 1.29 is 14.3 Å². The molecule has 2 aromatic carbocycles. The molecule has 2 amide bonds. The Kier molecular flexibility index (Phi) is 8.11. The van der Waals surface area contributed by atoms with Crippen molar-refractivity contribution in [1.29, 1.82) is 0 Å². The molecule has 0 spiro atoms. The van der Waals surface area contributed by atoms with Crippen LogP contribution in [0.3, 0.4) is 0 Å². The number of hydrogen-bond acceptors (Lipinski definition) is 3. The van der Waals surface area contributed by atoms with E-state index in [-0.39, 0.29) is 29.4 Å². The van der Waals surface area contributed by atoms with E-state index in [4.69, 9.17) is 4.74 Å². The van der Waals surface area contributed by atoms with Crippen LogP contribution in [0.1, 0.15) is 65.2 Å². The van der Waals surface area contributed by atoms with Gasteiger partial charge in [0, 0.05) is 12.1 Å². The van der Waals surface area contributed by atoms with E-state index in [0.717, 1.165) is 16.7 Å². The third-order valence-corrected chi connectivity index (χ3v) is 5.15. The molecule has 0 radical (unpaired) electrons. The number of ether oxygens (including phenoxy) is 1. The second-order valence-electron chi connectivity index (χ2n) is 10.5. The maximum absolute atomic E-state index is 13.3. The molecule has 1 atom stereocenters. The van der Waals surface area contributed by atoms with E-state index in [1.54, 1.807) is 11.8 Å². The first-order chi connectivity index (χ1) is 14.8. The Balaban J connectivity index is 2.25. The average molecular weight is 439 g/mol. The molecule has 2 rings (SSSR count). The number of nitrogens with zero attached hydrogens (tertiary/aromatic N) is 1. The molecule has 5 nitrogen and oxygen atoms in total. The summed E-state index contributed by atoms with van der Waals surface area (Å²) in [7, 11) is 0. The van der Waals surface area contributed by atoms with Crippen LogP contribution in [0.5, 0.6) is 5.75 Å². The van der Waals surface area contributed by atoms with Crippen LogP contribution in [0.2, 0.25) is 0 Å². The molecule has 0 aliphatic carbocycles. The average Bonchev–Trinajstić information content (AvgIpc) is 2.68. The zero-order valence-corrected chi connectivity index (χ0v) is 20.8. The van der Waals surface area contributed by atoms with Crippen LogP contribution in [-0.4, -0.2) is 34.9 Å². The lowest BCUT2D eigenvalue weighted by atomic mass is 9.86. The maximum Gasteiger partial charge on any atom is 0.261 e. The Morgan fingerprint density at radius 2 is 1.66 bits per heavy atom. The number of nitrogens with one attached hydrogen (secondary N) is 1. The number of amides is 2. The van der Waals surface area contributed by atoms with Crippen molar-refractivity contribution in [2.75, 3.05) is 6.61 Å². The van der Waals surface area contributed by atoms with Gasteiger partial charge in [0.25, 0.3) is 5.91 Å². The van der Waals surface area contributed by atoms with Gasteiger partial charge in [0.15, 0.2) is 6.61 Å². The summed E-state index contributed by atoms with van der Waals surface area (Å²) in [6.45, 7) is 16.1. The van der Waals surface area contributed by atoms with Gasteiger partial charge < -0.3 is 15.0 Å². The zero-order chi connectivity index (χ0) is 24.1. The lowest BCUT2D eigenvalue weighted by Crippen LogP contribution is -2.53. The number of carbonyl (C=O) groups excluding carboxylic acids is 2. The third-order valence-electron chi connectivity index (χ3n) is 5.15. The fourth-order valence-electron chi connectivity index (χ4n) is 3.50. The Hall–Kier alpha value is -2.82. The van der Waals surface area contributed by atoms with Gasteiger partial charge >= 0.3 is 0 Å². The molecule has 0 saturated carbocycles. The number of carbonyl (C=O) groups is 2. The molecule has 0 aromatic heterocycles. The summed E-state index contributed by atoms with van der Waals surface area (Å²) < 4.78 is 5.98. The summed E-state index contributed by atoms with van der Waals surface area (Å²) in [4.78, 5) is 27.8. The Bertz CT molecular complexity index is 938. The standard InChI is InChI=1S/C27H38N2O3/c1-19-12-11-13-21(16-19)17-29(20(2)25(31)28-27(6,7)8)24(30)18-32-23-15-10-9-14-22(23)26(3,4)5/h9-16,20H,17-18H2,1-8H3,(H,28,31)/t20-/m0/s1. The molecule has 0 aliphatic heterocycles. The Morgan fingerprint density at radius 3 is 2.25 bits per heavy atom. The highest BCUT2D eigenvalue weighted by Gasteiger charge is 2.29. The summed E-state index contributed by atoms with van der Waals surface area (Å²) in [5.74, 6) is 0.274. The van der Waals surface area contributed by atoms with Crippen LogP contribution in [-0.2, 0) is 21.5 Å². The third kappa shape index (κ3) is 7.40. The van der Waals surface area contributed by atoms with E-state index in [2.05, 4.69) is 26.1 Å². The minimum Gasteiger partial charge on any atom is -0.483 e. The minimum absolute atomic E-state index is 0.110. The molecule has 0 aliphatic rings. The molecule has 174 valence electrons. The Morgan fingerprint density at radius 1 is 1.00 bits per heavy atom. The minimum atomic E-state index is -0.635. The lowest BCUT2D eigenvalue weighted by Gasteiger charge is -2.31. The monoisotopic (exact) mass is 438 g/mol. The largest absolute Gasteiger partial charge is 0.483 e. The molecule has 1 N–H and O–H groups in total. The van der Waals surface area contributed by atoms with Crippen LogP contribution < -0.4 is 10.1 Å². The quantitative estimate of drug-likeness (QED) is 0.662. The highest BCUT2D eigenvalue weighted by Crippen LogP contribution is 2.31. The van der Waals surface area contributed by atoms with Crippen LogP contribution in [0.25, 0.3) is 0 Å². The van der Waals surface area contributed by atoms with Crippen LogP contribution in [0, 0.1) is 6.92 Å². The van der Waals surface area contributed by atoms with Gasteiger partial charge in [-0.05, 0) is 57.2 Å². The van der Waals surface area contributed by atoms with Crippen molar-refractivity contribution in [1.82, 2.24) is 10.2 Å². The first-order valence-electron chi connectivity index (χ1n) is 11.2. The maximum atomic E-state index is 13.3. The van der Waals surface area contributed by atoms with E-state index in [0.29, 0.717) is 12.3 Å². The van der Waals surface area contributed by atoms with E-state index < -0.39 is 6.04 Å². The molecular weight excluding hydrogens is 400 g/mol. The summed E-state index contributed by atoms with van der Waals surface area (Å²) in [6.07, 6.45) is 0. The second-order valence-corrected chi connectivity index (χ2v) is 10.5. The van der Waals surface area contributed by atoms with Crippen molar-refractivity contribution in [2.24, 2.45) is 0 Å². The van der Waals surface area contributed by atoms with Gasteiger partial charge in [0.1, 0.15) is 11.8 Å². The van der Waals surface area contributed by atoms with E-state index in [1.807, 2.05) is 76.2 Å². The predicted molar refractivity (Wildman–Crippen MR) is 130 cm³/mol. The fraction of sp³-hybridized carbons (Fsp3) is 0.481. The van der Waals surface area contributed by atoms with Crippen molar-refractivity contribution in [2.45, 2.75) is 78.9 Å². The topological polar surface area (TPSA) is 58.6 Å². The molecule has 32 heavy (non-hydrogen) atoms. The lowest BCUT2D eigenvalue weighted by molar-refractivity contribution is -0.142. The molecule has 0 unspecified atom stereocenters. The second kappa shape index (κ2) is 10.2. The zero-order valence-electron chi connectivity index (χ0n) is 20.8. The summed E-state index contributed by atoms with van der Waals surface area (Å²) in [6, 6.07) is 15.1. The molecule has 2 aromatic rings. The number of para-hydroxylation sites is 1. The number of hydrogen-bond donors (Lipinski definition) is 1. The summed E-state index contributed by atoms with van der Waals surface area (Å²) >= 11 is 0. The molecule has 0 heterocycles. The SMILES string of the molecule is Cc1cccc(CN(C(=O)COc2ccccc2C(C)(C)C)[C@@H](C)C(=O)NC(C)(C)C)c1. The molecular formula is C27H38N2O3. The summed E-state index contributed by atoms with van der Waals surface area (Å²) in [5.41, 5.74) is 2.63. The first kappa shape index (κ1) is 25.4. The molecule has 0 saturated heterocycles. The fourth-order valence-corrected chi connectivity index (χ4v) is 3.50.